The molecule has 0 radical (unpaired) electrons. The van der Waals surface area contributed by atoms with Gasteiger partial charge in [0.05, 0.1) is 12.1 Å². The van der Waals surface area contributed by atoms with Gasteiger partial charge in [-0.25, -0.2) is 13.1 Å². The van der Waals surface area contributed by atoms with E-state index < -0.39 is 16.1 Å². The number of likely N-dealkylation sites (tertiary alicyclic amines) is 1. The monoisotopic (exact) mass is 369 g/mol. The van der Waals surface area contributed by atoms with Crippen molar-refractivity contribution in [2.45, 2.75) is 43.0 Å². The van der Waals surface area contributed by atoms with Gasteiger partial charge in [0.25, 0.3) is 0 Å². The van der Waals surface area contributed by atoms with Crippen molar-refractivity contribution in [3.8, 4) is 5.75 Å². The fourth-order valence-corrected chi connectivity index (χ4v) is 4.70. The molecule has 1 aromatic carbocycles. The fourth-order valence-electron chi connectivity index (χ4n) is 3.49. The average Bonchev–Trinajstić information content (AvgIpc) is 2.97. The van der Waals surface area contributed by atoms with E-state index in [1.54, 1.807) is 18.2 Å². The fraction of sp³-hybridized carbons (Fsp3) is 0.647. The zero-order valence-electron chi connectivity index (χ0n) is 14.9. The number of β-amino-alcohol motifs (C(OH)–C–C–N with tert-alkyl or cyclic N) is 1. The number of benzene rings is 1. The molecule has 1 fully saturated rings. The smallest absolute Gasteiger partial charge is 0.244 e. The Morgan fingerprint density at radius 2 is 1.96 bits per heavy atom. The van der Waals surface area contributed by atoms with Crippen molar-refractivity contribution in [1.29, 1.82) is 0 Å². The van der Waals surface area contributed by atoms with Crippen molar-refractivity contribution in [1.82, 2.24) is 14.5 Å². The third-order valence-electron chi connectivity index (χ3n) is 4.99. The van der Waals surface area contributed by atoms with E-state index in [4.69, 9.17) is 4.74 Å². The van der Waals surface area contributed by atoms with Gasteiger partial charge < -0.3 is 9.84 Å². The minimum atomic E-state index is -3.73. The first-order chi connectivity index (χ1) is 11.8. The SMILES string of the molecule is CC(C)N1C[C@@H]2Oc3ccccc3S(=O)(=O)NC[C@H](O)CN(C)[C@@H]2C1. The zero-order valence-corrected chi connectivity index (χ0v) is 15.7. The quantitative estimate of drug-likeness (QED) is 0.731. The van der Waals surface area contributed by atoms with Crippen LogP contribution in [-0.4, -0.2) is 80.8 Å². The van der Waals surface area contributed by atoms with Crippen LogP contribution in [0.1, 0.15) is 13.8 Å². The number of aliphatic hydroxyl groups excluding tert-OH is 1. The number of aliphatic hydroxyl groups is 1. The molecule has 0 bridgehead atoms. The summed E-state index contributed by atoms with van der Waals surface area (Å²) in [6.45, 7) is 6.19. The van der Waals surface area contributed by atoms with Crippen LogP contribution < -0.4 is 9.46 Å². The summed E-state index contributed by atoms with van der Waals surface area (Å²) in [5.74, 6) is 0.361. The topological polar surface area (TPSA) is 82.1 Å². The molecule has 2 aliphatic heterocycles. The third-order valence-corrected chi connectivity index (χ3v) is 6.45. The van der Waals surface area contributed by atoms with Crippen LogP contribution in [0.4, 0.5) is 0 Å². The Balaban J connectivity index is 1.99. The number of fused-ring (bicyclic) bond motifs is 2. The van der Waals surface area contributed by atoms with Crippen LogP contribution >= 0.6 is 0 Å². The molecule has 0 saturated carbocycles. The third kappa shape index (κ3) is 3.98. The number of rotatable bonds is 1. The maximum Gasteiger partial charge on any atom is 0.244 e. The Morgan fingerprint density at radius 1 is 1.24 bits per heavy atom. The molecule has 1 saturated heterocycles. The summed E-state index contributed by atoms with van der Waals surface area (Å²) >= 11 is 0. The summed E-state index contributed by atoms with van der Waals surface area (Å²) in [6.07, 6.45) is -0.937. The second-order valence-corrected chi connectivity index (χ2v) is 8.90. The molecule has 3 rings (SSSR count). The Hall–Kier alpha value is -1.19. The summed E-state index contributed by atoms with van der Waals surface area (Å²) in [6, 6.07) is 7.15. The van der Waals surface area contributed by atoms with Gasteiger partial charge in [-0.05, 0) is 33.0 Å². The maximum atomic E-state index is 12.6. The minimum Gasteiger partial charge on any atom is -0.486 e. The average molecular weight is 369 g/mol. The van der Waals surface area contributed by atoms with Gasteiger partial charge in [0, 0.05) is 32.2 Å². The Kier molecular flexibility index (Phi) is 5.36. The summed E-state index contributed by atoms with van der Waals surface area (Å²) in [4.78, 5) is 4.51. The van der Waals surface area contributed by atoms with E-state index in [0.29, 0.717) is 18.3 Å². The Bertz CT molecular complexity index is 710. The Labute approximate surface area is 149 Å². The highest BCUT2D eigenvalue weighted by Crippen LogP contribution is 2.29. The van der Waals surface area contributed by atoms with Gasteiger partial charge in [0.1, 0.15) is 16.7 Å². The van der Waals surface area contributed by atoms with Gasteiger partial charge in [-0.1, -0.05) is 12.1 Å². The molecule has 25 heavy (non-hydrogen) atoms. The van der Waals surface area contributed by atoms with Crippen LogP contribution in [-0.2, 0) is 10.0 Å². The minimum absolute atomic E-state index is 0.0215. The second kappa shape index (κ2) is 7.20. The number of nitrogens with one attached hydrogen (secondary N) is 1. The van der Waals surface area contributed by atoms with E-state index in [9.17, 15) is 13.5 Å². The summed E-state index contributed by atoms with van der Waals surface area (Å²) in [5, 5.41) is 10.2. The highest BCUT2D eigenvalue weighted by atomic mass is 32.2. The van der Waals surface area contributed by atoms with E-state index in [-0.39, 0.29) is 23.6 Å². The number of hydrogen-bond acceptors (Lipinski definition) is 6. The van der Waals surface area contributed by atoms with Crippen LogP contribution in [0.5, 0.6) is 5.75 Å². The highest BCUT2D eigenvalue weighted by Gasteiger charge is 2.39. The molecule has 0 aliphatic carbocycles. The van der Waals surface area contributed by atoms with E-state index in [1.165, 1.54) is 6.07 Å². The van der Waals surface area contributed by atoms with Gasteiger partial charge in [-0.2, -0.15) is 0 Å². The number of para-hydroxylation sites is 1. The second-order valence-electron chi connectivity index (χ2n) is 7.16. The normalized spacial score (nSPS) is 31.0. The van der Waals surface area contributed by atoms with Crippen molar-refractivity contribution in [2.24, 2.45) is 0 Å². The lowest BCUT2D eigenvalue weighted by Crippen LogP contribution is -2.47. The van der Waals surface area contributed by atoms with Gasteiger partial charge in [0.15, 0.2) is 0 Å². The molecule has 3 atom stereocenters. The van der Waals surface area contributed by atoms with E-state index in [0.717, 1.165) is 13.1 Å². The van der Waals surface area contributed by atoms with Crippen LogP contribution in [0.3, 0.4) is 0 Å². The van der Waals surface area contributed by atoms with Crippen molar-refractivity contribution in [2.75, 3.05) is 33.2 Å². The summed E-state index contributed by atoms with van der Waals surface area (Å²) < 4.78 is 33.8. The molecule has 2 N–H and O–H groups in total. The predicted molar refractivity (Wildman–Crippen MR) is 95.2 cm³/mol. The van der Waals surface area contributed by atoms with Crippen molar-refractivity contribution < 1.29 is 18.3 Å². The molecule has 7 nitrogen and oxygen atoms in total. The first-order valence-corrected chi connectivity index (χ1v) is 10.1. The molecule has 0 unspecified atom stereocenters. The lowest BCUT2D eigenvalue weighted by atomic mass is 10.1. The predicted octanol–water partition coefficient (Wildman–Crippen LogP) is 0.111. The van der Waals surface area contributed by atoms with Crippen LogP contribution in [0.25, 0.3) is 0 Å². The number of likely N-dealkylation sites (N-methyl/N-ethyl adjacent to an activating group) is 1. The number of ether oxygens (including phenoxy) is 1. The van der Waals surface area contributed by atoms with Gasteiger partial charge in [-0.3, -0.25) is 9.80 Å². The van der Waals surface area contributed by atoms with E-state index in [2.05, 4.69) is 28.4 Å². The summed E-state index contributed by atoms with van der Waals surface area (Å²) in [7, 11) is -1.78. The van der Waals surface area contributed by atoms with Crippen molar-refractivity contribution in [3.05, 3.63) is 24.3 Å². The number of hydrogen-bond donors (Lipinski definition) is 2. The van der Waals surface area contributed by atoms with Crippen molar-refractivity contribution >= 4 is 10.0 Å². The van der Waals surface area contributed by atoms with E-state index in [1.807, 2.05) is 7.05 Å². The molecule has 1 aromatic rings. The van der Waals surface area contributed by atoms with Crippen LogP contribution in [0, 0.1) is 0 Å². The highest BCUT2D eigenvalue weighted by molar-refractivity contribution is 7.89. The van der Waals surface area contributed by atoms with Gasteiger partial charge in [0.2, 0.25) is 10.0 Å². The zero-order chi connectivity index (χ0) is 18.2. The largest absolute Gasteiger partial charge is 0.486 e. The van der Waals surface area contributed by atoms with Crippen molar-refractivity contribution in [3.63, 3.8) is 0 Å². The molecule has 0 aromatic heterocycles. The Morgan fingerprint density at radius 3 is 2.68 bits per heavy atom. The van der Waals surface area contributed by atoms with Crippen LogP contribution in [0.15, 0.2) is 29.2 Å². The van der Waals surface area contributed by atoms with Gasteiger partial charge >= 0.3 is 0 Å². The first-order valence-electron chi connectivity index (χ1n) is 8.65. The van der Waals surface area contributed by atoms with E-state index >= 15 is 0 Å². The molecule has 140 valence electrons. The lowest BCUT2D eigenvalue weighted by molar-refractivity contribution is 0.0713. The molecule has 8 heteroatoms. The lowest BCUT2D eigenvalue weighted by Gasteiger charge is -2.30. The molecule has 0 amide bonds. The molecule has 0 spiro atoms. The summed E-state index contributed by atoms with van der Waals surface area (Å²) in [5.41, 5.74) is 0. The first kappa shape index (κ1) is 18.6. The molecular formula is C17H27N3O4S. The van der Waals surface area contributed by atoms with Gasteiger partial charge in [-0.15, -0.1) is 0 Å². The number of sulfonamides is 1. The number of nitrogens with zero attached hydrogens (tertiary/aromatic N) is 2. The maximum absolute atomic E-state index is 12.6. The molecule has 2 aliphatic rings. The molecule has 2 heterocycles. The van der Waals surface area contributed by atoms with Crippen LogP contribution in [0.2, 0.25) is 0 Å². The standard InChI is InChI=1S/C17H27N3O4S/c1-12(2)20-10-14-16(11-20)24-15-6-4-5-7-17(15)25(22,23)18-8-13(21)9-19(14)3/h4-7,12-14,16,18,21H,8-11H2,1-3H3/t13-,14+,16-/m0/s1. The molecular weight excluding hydrogens is 342 g/mol.